The van der Waals surface area contributed by atoms with Crippen molar-refractivity contribution in [2.24, 2.45) is 0 Å². The highest BCUT2D eigenvalue weighted by Gasteiger charge is 2.20. The van der Waals surface area contributed by atoms with Crippen molar-refractivity contribution in [3.8, 4) is 6.07 Å². The van der Waals surface area contributed by atoms with Gasteiger partial charge in [0.15, 0.2) is 0 Å². The lowest BCUT2D eigenvalue weighted by Crippen LogP contribution is -2.23. The lowest BCUT2D eigenvalue weighted by Gasteiger charge is -2.09. The molecule has 0 radical (unpaired) electrons. The van der Waals surface area contributed by atoms with Gasteiger partial charge in [-0.15, -0.1) is 0 Å². The molecule has 24 heavy (non-hydrogen) atoms. The van der Waals surface area contributed by atoms with Crippen LogP contribution >= 0.6 is 0 Å². The van der Waals surface area contributed by atoms with E-state index in [1.807, 2.05) is 22.8 Å². The maximum absolute atomic E-state index is 12.7. The van der Waals surface area contributed by atoms with Crippen LogP contribution in [0.4, 0.5) is 5.69 Å². The van der Waals surface area contributed by atoms with E-state index in [2.05, 4.69) is 5.32 Å². The van der Waals surface area contributed by atoms with Crippen LogP contribution < -0.4 is 10.7 Å². The Bertz CT molecular complexity index is 1090. The summed E-state index contributed by atoms with van der Waals surface area (Å²) < 4.78 is 1.96. The number of pyridine rings is 1. The Kier molecular flexibility index (Phi) is 3.17. The van der Waals surface area contributed by atoms with E-state index in [9.17, 15) is 9.59 Å². The first-order valence-corrected chi connectivity index (χ1v) is 7.64. The van der Waals surface area contributed by atoms with E-state index in [1.54, 1.807) is 36.5 Å². The highest BCUT2D eigenvalue weighted by Crippen LogP contribution is 2.24. The first-order valence-electron chi connectivity index (χ1n) is 7.64. The van der Waals surface area contributed by atoms with Gasteiger partial charge in [-0.25, -0.2) is 0 Å². The predicted molar refractivity (Wildman–Crippen MR) is 91.0 cm³/mol. The number of hydrogen-bond acceptors (Lipinski definition) is 3. The van der Waals surface area contributed by atoms with E-state index < -0.39 is 5.91 Å². The molecule has 4 rings (SSSR count). The fourth-order valence-electron chi connectivity index (χ4n) is 3.18. The van der Waals surface area contributed by atoms with Gasteiger partial charge in [-0.3, -0.25) is 9.59 Å². The van der Waals surface area contributed by atoms with Crippen molar-refractivity contribution in [3.05, 3.63) is 75.6 Å². The number of aromatic nitrogens is 1. The number of nitrogens with one attached hydrogen (secondary N) is 1. The summed E-state index contributed by atoms with van der Waals surface area (Å²) in [7, 11) is 0. The zero-order chi connectivity index (χ0) is 16.7. The van der Waals surface area contributed by atoms with Crippen LogP contribution in [0.1, 0.15) is 21.5 Å². The van der Waals surface area contributed by atoms with Gasteiger partial charge in [0.2, 0.25) is 5.43 Å². The van der Waals surface area contributed by atoms with Crippen molar-refractivity contribution < 1.29 is 4.79 Å². The van der Waals surface area contributed by atoms with E-state index in [0.29, 0.717) is 16.6 Å². The second-order valence-electron chi connectivity index (χ2n) is 5.78. The molecule has 1 aliphatic rings. The number of amides is 1. The molecule has 3 aromatic rings. The Hall–Kier alpha value is -3.39. The summed E-state index contributed by atoms with van der Waals surface area (Å²) in [4.78, 5) is 25.2. The normalized spacial score (nSPS) is 12.1. The second kappa shape index (κ2) is 5.36. The monoisotopic (exact) mass is 315 g/mol. The zero-order valence-electron chi connectivity index (χ0n) is 12.7. The molecule has 0 saturated heterocycles. The van der Waals surface area contributed by atoms with E-state index in [1.165, 1.54) is 0 Å². The molecule has 0 saturated carbocycles. The largest absolute Gasteiger partial charge is 0.346 e. The van der Waals surface area contributed by atoms with Gasteiger partial charge in [0.05, 0.1) is 17.1 Å². The molecular formula is C19H13N3O2. The summed E-state index contributed by atoms with van der Waals surface area (Å²) in [6.07, 6.45) is 2.50. The Balaban J connectivity index is 1.78. The summed E-state index contributed by atoms with van der Waals surface area (Å²) in [5.74, 6) is -0.460. The standard InChI is InChI=1S/C19H13N3O2/c20-10-12-3-1-5-14(9-12)21-19(24)16-11-22-8-7-13-4-2-6-15(17(13)22)18(16)23/h1-6,9,11H,7-8H2,(H,21,24). The number of nitriles is 1. The molecule has 0 unspecified atom stereocenters. The second-order valence-corrected chi connectivity index (χ2v) is 5.78. The lowest BCUT2D eigenvalue weighted by molar-refractivity contribution is 0.102. The number of rotatable bonds is 2. The van der Waals surface area contributed by atoms with Gasteiger partial charge < -0.3 is 9.88 Å². The fourth-order valence-corrected chi connectivity index (χ4v) is 3.18. The number of aryl methyl sites for hydroxylation is 2. The number of nitrogens with zero attached hydrogens (tertiary/aromatic N) is 2. The van der Waals surface area contributed by atoms with Gasteiger partial charge in [0.25, 0.3) is 5.91 Å². The molecule has 2 heterocycles. The third-order valence-electron chi connectivity index (χ3n) is 4.30. The van der Waals surface area contributed by atoms with E-state index in [0.717, 1.165) is 24.0 Å². The molecule has 0 aliphatic carbocycles. The maximum atomic E-state index is 12.7. The zero-order valence-corrected chi connectivity index (χ0v) is 12.7. The summed E-state index contributed by atoms with van der Waals surface area (Å²) in [5.41, 5.74) is 2.85. The molecular weight excluding hydrogens is 302 g/mol. The Morgan fingerprint density at radius 1 is 1.21 bits per heavy atom. The minimum atomic E-state index is -0.460. The minimum absolute atomic E-state index is 0.115. The minimum Gasteiger partial charge on any atom is -0.346 e. The van der Waals surface area contributed by atoms with Crippen LogP contribution in [0.5, 0.6) is 0 Å². The Morgan fingerprint density at radius 2 is 2.04 bits per heavy atom. The summed E-state index contributed by atoms with van der Waals surface area (Å²) in [6.45, 7) is 0.764. The summed E-state index contributed by atoms with van der Waals surface area (Å²) in [5, 5.41) is 12.2. The van der Waals surface area contributed by atoms with Gasteiger partial charge in [-0.2, -0.15) is 5.26 Å². The fraction of sp³-hybridized carbons (Fsp3) is 0.105. The van der Waals surface area contributed by atoms with Gasteiger partial charge in [-0.1, -0.05) is 18.2 Å². The molecule has 0 bridgehead atoms. The van der Waals surface area contributed by atoms with Crippen molar-refractivity contribution in [1.29, 1.82) is 5.26 Å². The maximum Gasteiger partial charge on any atom is 0.261 e. The van der Waals surface area contributed by atoms with Gasteiger partial charge in [0, 0.05) is 23.8 Å². The molecule has 1 amide bonds. The molecule has 5 nitrogen and oxygen atoms in total. The topological polar surface area (TPSA) is 74.9 Å². The van der Waals surface area contributed by atoms with Gasteiger partial charge in [-0.05, 0) is 36.2 Å². The molecule has 0 fully saturated rings. The van der Waals surface area contributed by atoms with Crippen molar-refractivity contribution in [3.63, 3.8) is 0 Å². The van der Waals surface area contributed by atoms with Crippen LogP contribution in [0.2, 0.25) is 0 Å². The van der Waals surface area contributed by atoms with Crippen LogP contribution in [0, 0.1) is 11.3 Å². The van der Waals surface area contributed by atoms with Crippen molar-refractivity contribution in [1.82, 2.24) is 4.57 Å². The van der Waals surface area contributed by atoms with E-state index in [4.69, 9.17) is 5.26 Å². The average Bonchev–Trinajstić information content (AvgIpc) is 3.02. The van der Waals surface area contributed by atoms with Crippen molar-refractivity contribution in [2.75, 3.05) is 5.32 Å². The number of benzene rings is 2. The third kappa shape index (κ3) is 2.17. The first kappa shape index (κ1) is 14.2. The molecule has 2 aromatic carbocycles. The van der Waals surface area contributed by atoms with Gasteiger partial charge in [0.1, 0.15) is 5.56 Å². The first-order chi connectivity index (χ1) is 11.7. The molecule has 0 atom stereocenters. The Labute approximate surface area is 137 Å². The summed E-state index contributed by atoms with van der Waals surface area (Å²) >= 11 is 0. The van der Waals surface area contributed by atoms with E-state index >= 15 is 0 Å². The molecule has 0 spiro atoms. The van der Waals surface area contributed by atoms with Crippen LogP contribution in [0.15, 0.2) is 53.5 Å². The highest BCUT2D eigenvalue weighted by atomic mass is 16.2. The van der Waals surface area contributed by atoms with Crippen molar-refractivity contribution >= 4 is 22.5 Å². The molecule has 1 aromatic heterocycles. The van der Waals surface area contributed by atoms with Crippen LogP contribution in [0.3, 0.4) is 0 Å². The predicted octanol–water partition coefficient (Wildman–Crippen LogP) is 2.68. The summed E-state index contributed by atoms with van der Waals surface area (Å²) in [6, 6.07) is 14.3. The van der Waals surface area contributed by atoms with Crippen LogP contribution in [-0.2, 0) is 13.0 Å². The number of hydrogen-bond donors (Lipinski definition) is 1. The van der Waals surface area contributed by atoms with Crippen LogP contribution in [0.25, 0.3) is 10.9 Å². The number of carbonyl (C=O) groups excluding carboxylic acids is 1. The molecule has 116 valence electrons. The third-order valence-corrected chi connectivity index (χ3v) is 4.30. The number of anilines is 1. The highest BCUT2D eigenvalue weighted by molar-refractivity contribution is 6.06. The number of para-hydroxylation sites is 1. The average molecular weight is 315 g/mol. The molecule has 1 N–H and O–H groups in total. The molecule has 5 heteroatoms. The molecule has 1 aliphatic heterocycles. The quantitative estimate of drug-likeness (QED) is 0.790. The van der Waals surface area contributed by atoms with Crippen molar-refractivity contribution in [2.45, 2.75) is 13.0 Å². The smallest absolute Gasteiger partial charge is 0.261 e. The van der Waals surface area contributed by atoms with Crippen LogP contribution in [-0.4, -0.2) is 10.5 Å². The van der Waals surface area contributed by atoms with E-state index in [-0.39, 0.29) is 11.0 Å². The lowest BCUT2D eigenvalue weighted by atomic mass is 10.1. The SMILES string of the molecule is N#Cc1cccc(NC(=O)c2cn3c4c(cccc4c2=O)CC3)c1. The Morgan fingerprint density at radius 3 is 2.88 bits per heavy atom. The van der Waals surface area contributed by atoms with Gasteiger partial charge >= 0.3 is 0 Å². The number of carbonyl (C=O) groups is 1.